The van der Waals surface area contributed by atoms with E-state index < -0.39 is 0 Å². The molecular weight excluding hydrogens is 238 g/mol. The van der Waals surface area contributed by atoms with Crippen molar-refractivity contribution in [2.75, 3.05) is 31.6 Å². The van der Waals surface area contributed by atoms with E-state index in [9.17, 15) is 0 Å². The maximum absolute atomic E-state index is 5.33. The number of methoxy groups -OCH3 is 1. The van der Waals surface area contributed by atoms with Crippen LogP contribution < -0.4 is 15.0 Å². The first-order chi connectivity index (χ1) is 9.28. The van der Waals surface area contributed by atoms with Crippen molar-refractivity contribution in [2.24, 2.45) is 0 Å². The number of nitrogens with zero attached hydrogens (tertiary/aromatic N) is 2. The number of pyridine rings is 1. The average Bonchev–Trinajstić information content (AvgIpc) is 2.46. The van der Waals surface area contributed by atoms with E-state index in [1.54, 1.807) is 7.11 Å². The van der Waals surface area contributed by atoms with Gasteiger partial charge in [0.05, 0.1) is 7.11 Å². The number of nitrogens with one attached hydrogen (secondary N) is 1. The Morgan fingerprint density at radius 1 is 1.37 bits per heavy atom. The summed E-state index contributed by atoms with van der Waals surface area (Å²) < 4.78 is 5.33. The number of hydrogen-bond acceptors (Lipinski definition) is 4. The summed E-state index contributed by atoms with van der Waals surface area (Å²) in [4.78, 5) is 6.93. The summed E-state index contributed by atoms with van der Waals surface area (Å²) in [5.41, 5.74) is 0. The Labute approximate surface area is 113 Å². The number of ether oxygens (including phenoxy) is 1. The second-order valence-electron chi connectivity index (χ2n) is 5.02. The molecule has 0 bridgehead atoms. The lowest BCUT2D eigenvalue weighted by atomic mass is 10.1. The van der Waals surface area contributed by atoms with E-state index >= 15 is 0 Å². The van der Waals surface area contributed by atoms with Crippen molar-refractivity contribution in [3.05, 3.63) is 30.5 Å². The molecule has 19 heavy (non-hydrogen) atoms. The summed E-state index contributed by atoms with van der Waals surface area (Å²) in [5, 5.41) is 5.83. The van der Waals surface area contributed by atoms with Gasteiger partial charge < -0.3 is 15.0 Å². The average molecular weight is 257 g/mol. The molecule has 0 saturated carbocycles. The number of benzene rings is 1. The number of rotatable bonds is 2. The normalized spacial score (nSPS) is 19.7. The fraction of sp³-hybridized carbons (Fsp3) is 0.400. The van der Waals surface area contributed by atoms with E-state index in [-0.39, 0.29) is 0 Å². The molecule has 0 spiro atoms. The standard InChI is InChI=1S/C15H19N3O/c1-11-10-18(8-7-16-11)15-14-9-13(19-2)4-3-12(14)5-6-17-15/h3-6,9,11,16H,7-8,10H2,1-2H3/t11-/m0/s1. The Kier molecular flexibility index (Phi) is 3.25. The smallest absolute Gasteiger partial charge is 0.136 e. The molecule has 1 aliphatic heterocycles. The minimum atomic E-state index is 0.497. The number of piperazine rings is 1. The van der Waals surface area contributed by atoms with Crippen molar-refractivity contribution >= 4 is 16.6 Å². The van der Waals surface area contributed by atoms with Crippen LogP contribution in [0.15, 0.2) is 30.5 Å². The fourth-order valence-corrected chi connectivity index (χ4v) is 2.64. The summed E-state index contributed by atoms with van der Waals surface area (Å²) in [6.45, 7) is 5.19. The molecule has 1 aromatic carbocycles. The first kappa shape index (κ1) is 12.2. The fourth-order valence-electron chi connectivity index (χ4n) is 2.64. The molecular formula is C15H19N3O. The summed E-state index contributed by atoms with van der Waals surface area (Å²) in [6.07, 6.45) is 1.89. The Morgan fingerprint density at radius 3 is 3.05 bits per heavy atom. The zero-order valence-corrected chi connectivity index (χ0v) is 11.4. The molecule has 1 aliphatic rings. The topological polar surface area (TPSA) is 37.4 Å². The van der Waals surface area contributed by atoms with E-state index in [1.807, 2.05) is 18.3 Å². The van der Waals surface area contributed by atoms with Gasteiger partial charge in [-0.25, -0.2) is 4.98 Å². The van der Waals surface area contributed by atoms with Gasteiger partial charge in [0.25, 0.3) is 0 Å². The highest BCUT2D eigenvalue weighted by atomic mass is 16.5. The number of aromatic nitrogens is 1. The van der Waals surface area contributed by atoms with Crippen LogP contribution in [0.4, 0.5) is 5.82 Å². The van der Waals surface area contributed by atoms with Crippen LogP contribution in [0.25, 0.3) is 10.8 Å². The van der Waals surface area contributed by atoms with E-state index in [4.69, 9.17) is 4.74 Å². The van der Waals surface area contributed by atoms with Crippen LogP contribution >= 0.6 is 0 Å². The van der Waals surface area contributed by atoms with Crippen LogP contribution in [0.5, 0.6) is 5.75 Å². The number of fused-ring (bicyclic) bond motifs is 1. The second kappa shape index (κ2) is 5.05. The second-order valence-corrected chi connectivity index (χ2v) is 5.02. The molecule has 3 rings (SSSR count). The lowest BCUT2D eigenvalue weighted by molar-refractivity contribution is 0.415. The van der Waals surface area contributed by atoms with Gasteiger partial charge in [0.2, 0.25) is 0 Å². The van der Waals surface area contributed by atoms with Crippen molar-refractivity contribution < 1.29 is 4.74 Å². The van der Waals surface area contributed by atoms with Crippen LogP contribution in [0.3, 0.4) is 0 Å². The lowest BCUT2D eigenvalue weighted by Gasteiger charge is -2.33. The molecule has 0 aliphatic carbocycles. The van der Waals surface area contributed by atoms with Gasteiger partial charge in [0, 0.05) is 37.3 Å². The van der Waals surface area contributed by atoms with Gasteiger partial charge >= 0.3 is 0 Å². The molecule has 0 unspecified atom stereocenters. The number of hydrogen-bond donors (Lipinski definition) is 1. The highest BCUT2D eigenvalue weighted by Crippen LogP contribution is 2.28. The van der Waals surface area contributed by atoms with Crippen LogP contribution in [0.1, 0.15) is 6.92 Å². The molecule has 4 nitrogen and oxygen atoms in total. The Hall–Kier alpha value is -1.81. The first-order valence-corrected chi connectivity index (χ1v) is 6.69. The maximum Gasteiger partial charge on any atom is 0.136 e. The summed E-state index contributed by atoms with van der Waals surface area (Å²) in [6, 6.07) is 8.70. The van der Waals surface area contributed by atoms with Crippen LogP contribution in [0.2, 0.25) is 0 Å². The van der Waals surface area contributed by atoms with Crippen molar-refractivity contribution in [3.63, 3.8) is 0 Å². The van der Waals surface area contributed by atoms with Gasteiger partial charge in [-0.3, -0.25) is 0 Å². The third-order valence-corrected chi connectivity index (χ3v) is 3.62. The molecule has 1 N–H and O–H groups in total. The summed E-state index contributed by atoms with van der Waals surface area (Å²) in [7, 11) is 1.70. The number of anilines is 1. The van der Waals surface area contributed by atoms with Crippen LogP contribution in [-0.2, 0) is 0 Å². The van der Waals surface area contributed by atoms with Gasteiger partial charge in [-0.05, 0) is 30.5 Å². The molecule has 2 aromatic rings. The Balaban J connectivity index is 2.06. The van der Waals surface area contributed by atoms with Gasteiger partial charge in [0.1, 0.15) is 11.6 Å². The van der Waals surface area contributed by atoms with Crippen LogP contribution in [-0.4, -0.2) is 37.8 Å². The van der Waals surface area contributed by atoms with E-state index in [1.165, 1.54) is 5.39 Å². The van der Waals surface area contributed by atoms with E-state index in [2.05, 4.69) is 34.3 Å². The predicted molar refractivity (Wildman–Crippen MR) is 78.0 cm³/mol. The molecule has 1 atom stereocenters. The largest absolute Gasteiger partial charge is 0.497 e. The van der Waals surface area contributed by atoms with Gasteiger partial charge in [-0.1, -0.05) is 6.07 Å². The summed E-state index contributed by atoms with van der Waals surface area (Å²) in [5.74, 6) is 1.94. The molecule has 1 fully saturated rings. The summed E-state index contributed by atoms with van der Waals surface area (Å²) >= 11 is 0. The third-order valence-electron chi connectivity index (χ3n) is 3.62. The maximum atomic E-state index is 5.33. The van der Waals surface area contributed by atoms with Crippen molar-refractivity contribution in [3.8, 4) is 5.75 Å². The molecule has 2 heterocycles. The molecule has 0 amide bonds. The van der Waals surface area contributed by atoms with E-state index in [0.29, 0.717) is 6.04 Å². The SMILES string of the molecule is COc1ccc2ccnc(N3CCN[C@@H](C)C3)c2c1. The van der Waals surface area contributed by atoms with Crippen LogP contribution in [0, 0.1) is 0 Å². The molecule has 1 aromatic heterocycles. The molecule has 4 heteroatoms. The predicted octanol–water partition coefficient (Wildman–Crippen LogP) is 2.04. The molecule has 100 valence electrons. The lowest BCUT2D eigenvalue weighted by Crippen LogP contribution is -2.49. The Bertz CT molecular complexity index is 585. The first-order valence-electron chi connectivity index (χ1n) is 6.69. The quantitative estimate of drug-likeness (QED) is 0.893. The highest BCUT2D eigenvalue weighted by Gasteiger charge is 2.18. The Morgan fingerprint density at radius 2 is 2.26 bits per heavy atom. The third kappa shape index (κ3) is 2.36. The van der Waals surface area contributed by atoms with Gasteiger partial charge in [-0.15, -0.1) is 0 Å². The minimum absolute atomic E-state index is 0.497. The zero-order valence-electron chi connectivity index (χ0n) is 11.4. The van der Waals surface area contributed by atoms with Gasteiger partial charge in [-0.2, -0.15) is 0 Å². The van der Waals surface area contributed by atoms with Gasteiger partial charge in [0.15, 0.2) is 0 Å². The van der Waals surface area contributed by atoms with Crippen molar-refractivity contribution in [1.29, 1.82) is 0 Å². The van der Waals surface area contributed by atoms with Crippen molar-refractivity contribution in [2.45, 2.75) is 13.0 Å². The van der Waals surface area contributed by atoms with E-state index in [0.717, 1.165) is 36.6 Å². The monoisotopic (exact) mass is 257 g/mol. The zero-order chi connectivity index (χ0) is 13.2. The molecule has 0 radical (unpaired) electrons. The highest BCUT2D eigenvalue weighted by molar-refractivity contribution is 5.93. The minimum Gasteiger partial charge on any atom is -0.497 e. The van der Waals surface area contributed by atoms with Crippen molar-refractivity contribution in [1.82, 2.24) is 10.3 Å². The molecule has 1 saturated heterocycles.